The highest BCUT2D eigenvalue weighted by molar-refractivity contribution is 7.86. The van der Waals surface area contributed by atoms with Crippen LogP contribution in [0.15, 0.2) is 48.5 Å². The van der Waals surface area contributed by atoms with Crippen LogP contribution in [0.3, 0.4) is 0 Å². The first kappa shape index (κ1) is 21.1. The van der Waals surface area contributed by atoms with Gasteiger partial charge in [0.1, 0.15) is 0 Å². The molecule has 2 aromatic carbocycles. The number of likely N-dealkylation sites (tertiary alicyclic amines) is 1. The molecule has 0 saturated carbocycles. The summed E-state index contributed by atoms with van der Waals surface area (Å²) in [5.41, 5.74) is 0.660. The Hall–Kier alpha value is -1.60. The van der Waals surface area contributed by atoms with Gasteiger partial charge in [-0.05, 0) is 43.2 Å². The highest BCUT2D eigenvalue weighted by Crippen LogP contribution is 2.42. The van der Waals surface area contributed by atoms with Gasteiger partial charge in [-0.2, -0.15) is 8.42 Å². The molecule has 1 saturated heterocycles. The summed E-state index contributed by atoms with van der Waals surface area (Å²) < 4.78 is 28.9. The van der Waals surface area contributed by atoms with Crippen molar-refractivity contribution in [3.8, 4) is 0 Å². The molecule has 8 heteroatoms. The molecule has 5 nitrogen and oxygen atoms in total. The molecular weight excluding hydrogens is 421 g/mol. The van der Waals surface area contributed by atoms with Crippen molar-refractivity contribution < 1.29 is 17.4 Å². The van der Waals surface area contributed by atoms with E-state index in [-0.39, 0.29) is 5.91 Å². The highest BCUT2D eigenvalue weighted by atomic mass is 35.5. The number of halogens is 2. The van der Waals surface area contributed by atoms with E-state index in [0.29, 0.717) is 35.1 Å². The molecule has 0 bridgehead atoms. The maximum absolute atomic E-state index is 12.9. The fourth-order valence-electron chi connectivity index (χ4n) is 3.73. The van der Waals surface area contributed by atoms with Crippen molar-refractivity contribution in [3.63, 3.8) is 0 Å². The summed E-state index contributed by atoms with van der Waals surface area (Å²) in [6.45, 7) is 2.50. The average molecular weight is 442 g/mol. The Morgan fingerprint density at radius 1 is 1.14 bits per heavy atom. The van der Waals surface area contributed by atoms with Gasteiger partial charge in [0, 0.05) is 24.1 Å². The van der Waals surface area contributed by atoms with Crippen molar-refractivity contribution in [2.45, 2.75) is 24.9 Å². The lowest BCUT2D eigenvalue weighted by molar-refractivity contribution is 0.0755. The number of amides is 1. The van der Waals surface area contributed by atoms with E-state index >= 15 is 0 Å². The summed E-state index contributed by atoms with van der Waals surface area (Å²) in [4.78, 5) is 14.6. The smallest absolute Gasteiger partial charge is 0.264 e. The van der Waals surface area contributed by atoms with Gasteiger partial charge < -0.3 is 4.90 Å². The molecule has 0 aliphatic carbocycles. The monoisotopic (exact) mass is 441 g/mol. The zero-order valence-electron chi connectivity index (χ0n) is 15.6. The summed E-state index contributed by atoms with van der Waals surface area (Å²) in [7, 11) is -3.68. The van der Waals surface area contributed by atoms with Gasteiger partial charge in [-0.25, -0.2) is 0 Å². The third-order valence-corrected chi connectivity index (χ3v) is 6.58. The lowest BCUT2D eigenvalue weighted by Gasteiger charge is -2.35. The van der Waals surface area contributed by atoms with E-state index < -0.39 is 21.6 Å². The topological polar surface area (TPSA) is 63.7 Å². The Morgan fingerprint density at radius 2 is 1.82 bits per heavy atom. The second-order valence-corrected chi connectivity index (χ2v) is 9.49. The van der Waals surface area contributed by atoms with Crippen LogP contribution in [0.25, 0.3) is 0 Å². The van der Waals surface area contributed by atoms with Crippen LogP contribution in [0.4, 0.5) is 0 Å². The molecule has 1 fully saturated rings. The predicted molar refractivity (Wildman–Crippen MR) is 110 cm³/mol. The molecule has 2 aromatic rings. The van der Waals surface area contributed by atoms with Crippen molar-refractivity contribution >= 4 is 39.2 Å². The standard InChI is InChI=1S/C20H21Cl2NO4S/c1-14(27-28(2,25)26)20(16-8-9-17(21)18(22)12-16)10-11-23(13-20)19(24)15-6-4-3-5-7-15/h3-9,12,14H,10-11,13H2,1-2H3. The van der Waals surface area contributed by atoms with Gasteiger partial charge in [0.2, 0.25) is 0 Å². The van der Waals surface area contributed by atoms with E-state index in [0.717, 1.165) is 11.8 Å². The quantitative estimate of drug-likeness (QED) is 0.653. The SMILES string of the molecule is CC(OS(C)(=O)=O)C1(c2ccc(Cl)c(Cl)c2)CCN(C(=O)c2ccccc2)C1. The maximum Gasteiger partial charge on any atom is 0.264 e. The van der Waals surface area contributed by atoms with Gasteiger partial charge in [0.15, 0.2) is 0 Å². The van der Waals surface area contributed by atoms with Gasteiger partial charge in [-0.15, -0.1) is 0 Å². The first-order valence-electron chi connectivity index (χ1n) is 8.80. The van der Waals surface area contributed by atoms with Crippen molar-refractivity contribution in [1.82, 2.24) is 4.90 Å². The van der Waals surface area contributed by atoms with Crippen molar-refractivity contribution in [1.29, 1.82) is 0 Å². The van der Waals surface area contributed by atoms with E-state index in [1.54, 1.807) is 36.1 Å². The molecule has 3 rings (SSSR count). The number of carbonyl (C=O) groups excluding carboxylic acids is 1. The molecule has 1 amide bonds. The van der Waals surface area contributed by atoms with E-state index in [2.05, 4.69) is 0 Å². The number of carbonyl (C=O) groups is 1. The van der Waals surface area contributed by atoms with Gasteiger partial charge in [-0.1, -0.05) is 47.5 Å². The lowest BCUT2D eigenvalue weighted by Crippen LogP contribution is -2.44. The summed E-state index contributed by atoms with van der Waals surface area (Å²) in [5, 5.41) is 0.783. The van der Waals surface area contributed by atoms with Crippen molar-refractivity contribution in [3.05, 3.63) is 69.7 Å². The Bertz CT molecular complexity index is 981. The number of nitrogens with zero attached hydrogens (tertiary/aromatic N) is 1. The summed E-state index contributed by atoms with van der Waals surface area (Å²) in [6, 6.07) is 14.2. The highest BCUT2D eigenvalue weighted by Gasteiger charge is 2.47. The Kier molecular flexibility index (Phi) is 6.05. The normalized spacial score (nSPS) is 20.9. The fourth-order valence-corrected chi connectivity index (χ4v) is 4.74. The van der Waals surface area contributed by atoms with Gasteiger partial charge in [0.25, 0.3) is 16.0 Å². The second kappa shape index (κ2) is 8.03. The van der Waals surface area contributed by atoms with Crippen LogP contribution in [0.2, 0.25) is 10.0 Å². The molecular formula is C20H21Cl2NO4S. The van der Waals surface area contributed by atoms with E-state index in [4.69, 9.17) is 27.4 Å². The molecule has 150 valence electrons. The van der Waals surface area contributed by atoms with Crippen LogP contribution in [0.5, 0.6) is 0 Å². The Labute approximate surface area is 175 Å². The average Bonchev–Trinajstić information content (AvgIpc) is 3.09. The third kappa shape index (κ3) is 4.35. The van der Waals surface area contributed by atoms with E-state index in [9.17, 15) is 13.2 Å². The molecule has 2 unspecified atom stereocenters. The minimum absolute atomic E-state index is 0.103. The van der Waals surface area contributed by atoms with Gasteiger partial charge in [-0.3, -0.25) is 8.98 Å². The Morgan fingerprint density at radius 3 is 2.43 bits per heavy atom. The first-order valence-corrected chi connectivity index (χ1v) is 11.4. The first-order chi connectivity index (χ1) is 13.1. The third-order valence-electron chi connectivity index (χ3n) is 5.20. The van der Waals surface area contributed by atoms with Gasteiger partial charge in [0.05, 0.1) is 22.4 Å². The molecule has 1 heterocycles. The molecule has 0 spiro atoms. The molecule has 1 aliphatic rings. The second-order valence-electron chi connectivity index (χ2n) is 7.07. The maximum atomic E-state index is 12.9. The van der Waals surface area contributed by atoms with Crippen LogP contribution in [0, 0.1) is 0 Å². The van der Waals surface area contributed by atoms with Crippen molar-refractivity contribution in [2.24, 2.45) is 0 Å². The lowest BCUT2D eigenvalue weighted by atomic mass is 9.75. The molecule has 28 heavy (non-hydrogen) atoms. The zero-order chi connectivity index (χ0) is 20.5. The van der Waals surface area contributed by atoms with E-state index in [1.165, 1.54) is 0 Å². The number of rotatable bonds is 5. The number of hydrogen-bond acceptors (Lipinski definition) is 4. The minimum Gasteiger partial charge on any atom is -0.338 e. The van der Waals surface area contributed by atoms with Crippen LogP contribution in [-0.4, -0.2) is 44.7 Å². The van der Waals surface area contributed by atoms with Crippen molar-refractivity contribution in [2.75, 3.05) is 19.3 Å². The number of benzene rings is 2. The van der Waals surface area contributed by atoms with E-state index in [1.807, 2.05) is 24.3 Å². The molecule has 1 aliphatic heterocycles. The zero-order valence-corrected chi connectivity index (χ0v) is 17.9. The molecule has 0 radical (unpaired) electrons. The number of hydrogen-bond donors (Lipinski definition) is 0. The molecule has 0 aromatic heterocycles. The summed E-state index contributed by atoms with van der Waals surface area (Å²) in [5.74, 6) is -0.103. The van der Waals surface area contributed by atoms with Crippen LogP contribution < -0.4 is 0 Å². The van der Waals surface area contributed by atoms with Gasteiger partial charge >= 0.3 is 0 Å². The minimum atomic E-state index is -3.68. The van der Waals surface area contributed by atoms with Crippen LogP contribution >= 0.6 is 23.2 Å². The predicted octanol–water partition coefficient (Wildman–Crippen LogP) is 4.14. The van der Waals surface area contributed by atoms with Crippen LogP contribution in [-0.2, 0) is 19.7 Å². The fraction of sp³-hybridized carbons (Fsp3) is 0.350. The summed E-state index contributed by atoms with van der Waals surface area (Å²) >= 11 is 12.3. The van der Waals surface area contributed by atoms with Crippen LogP contribution in [0.1, 0.15) is 29.3 Å². The largest absolute Gasteiger partial charge is 0.338 e. The molecule has 2 atom stereocenters. The summed E-state index contributed by atoms with van der Waals surface area (Å²) in [6.07, 6.45) is 0.877. The molecule has 0 N–H and O–H groups in total. The Balaban J connectivity index is 1.98.